The average molecular weight is 477 g/mol. The predicted molar refractivity (Wildman–Crippen MR) is 126 cm³/mol. The van der Waals surface area contributed by atoms with Crippen LogP contribution in [0, 0.1) is 0 Å². The fraction of sp³-hybridized carbons (Fsp3) is 0.455. The number of anilines is 2. The van der Waals surface area contributed by atoms with Crippen molar-refractivity contribution < 1.29 is 17.9 Å². The first-order valence-corrected chi connectivity index (χ1v) is 13.4. The Kier molecular flexibility index (Phi) is 7.34. The maximum atomic E-state index is 13.3. The molecule has 1 aromatic heterocycles. The molecule has 2 aliphatic heterocycles. The summed E-state index contributed by atoms with van der Waals surface area (Å²) < 4.78 is 33.1. The summed E-state index contributed by atoms with van der Waals surface area (Å²) >= 11 is 1.52. The third-order valence-corrected chi connectivity index (χ3v) is 8.27. The largest absolute Gasteiger partial charge is 0.379 e. The second-order valence-corrected chi connectivity index (χ2v) is 10.6. The van der Waals surface area contributed by atoms with E-state index in [1.54, 1.807) is 24.4 Å². The number of rotatable bonds is 6. The molecule has 0 bridgehead atoms. The molecule has 2 aliphatic rings. The SMILES string of the molecule is CSc1ccc(NC(=O)c2cc(S(=O)(=O)N3CCOCC3)ccc2N2CCCCC2)cn1. The van der Waals surface area contributed by atoms with E-state index in [-0.39, 0.29) is 10.8 Å². The molecule has 1 N–H and O–H groups in total. The van der Waals surface area contributed by atoms with E-state index in [1.165, 1.54) is 22.1 Å². The molecule has 0 saturated carbocycles. The van der Waals surface area contributed by atoms with Crippen molar-refractivity contribution in [3.63, 3.8) is 0 Å². The Hall–Kier alpha value is -2.14. The highest BCUT2D eigenvalue weighted by Crippen LogP contribution is 2.29. The van der Waals surface area contributed by atoms with Crippen LogP contribution in [-0.2, 0) is 14.8 Å². The predicted octanol–water partition coefficient (Wildman–Crippen LogP) is 3.07. The minimum atomic E-state index is -3.71. The van der Waals surface area contributed by atoms with Crippen molar-refractivity contribution in [2.75, 3.05) is 55.9 Å². The van der Waals surface area contributed by atoms with E-state index >= 15 is 0 Å². The number of nitrogens with one attached hydrogen (secondary N) is 1. The Balaban J connectivity index is 1.67. The van der Waals surface area contributed by atoms with E-state index in [2.05, 4.69) is 15.2 Å². The molecule has 2 aromatic rings. The first kappa shape index (κ1) is 23.0. The molecule has 1 aromatic carbocycles. The number of morpholine rings is 1. The summed E-state index contributed by atoms with van der Waals surface area (Å²) in [5.41, 5.74) is 1.69. The van der Waals surface area contributed by atoms with Gasteiger partial charge in [0.05, 0.1) is 40.6 Å². The molecular weight excluding hydrogens is 448 g/mol. The van der Waals surface area contributed by atoms with Crippen LogP contribution >= 0.6 is 11.8 Å². The number of aromatic nitrogens is 1. The summed E-state index contributed by atoms with van der Waals surface area (Å²) in [6.45, 7) is 3.06. The van der Waals surface area contributed by atoms with Crippen LogP contribution in [0.2, 0.25) is 0 Å². The molecule has 32 heavy (non-hydrogen) atoms. The molecule has 8 nitrogen and oxygen atoms in total. The van der Waals surface area contributed by atoms with Crippen molar-refractivity contribution in [3.05, 3.63) is 42.1 Å². The van der Waals surface area contributed by atoms with Crippen molar-refractivity contribution in [1.29, 1.82) is 0 Å². The fourth-order valence-corrected chi connectivity index (χ4v) is 5.77. The molecule has 4 rings (SSSR count). The van der Waals surface area contributed by atoms with E-state index in [0.29, 0.717) is 37.6 Å². The molecule has 0 radical (unpaired) electrons. The zero-order valence-corrected chi connectivity index (χ0v) is 19.8. The number of carbonyl (C=O) groups is 1. The minimum Gasteiger partial charge on any atom is -0.379 e. The number of nitrogens with zero attached hydrogens (tertiary/aromatic N) is 3. The lowest BCUT2D eigenvalue weighted by atomic mass is 10.1. The third kappa shape index (κ3) is 5.09. The summed E-state index contributed by atoms with van der Waals surface area (Å²) in [5.74, 6) is -0.344. The number of amides is 1. The summed E-state index contributed by atoms with van der Waals surface area (Å²) in [5, 5.41) is 3.74. The van der Waals surface area contributed by atoms with Crippen LogP contribution in [0.5, 0.6) is 0 Å². The highest BCUT2D eigenvalue weighted by Gasteiger charge is 2.29. The van der Waals surface area contributed by atoms with Gasteiger partial charge >= 0.3 is 0 Å². The molecular formula is C22H28N4O4S2. The number of benzene rings is 1. The molecule has 0 atom stereocenters. The highest BCUT2D eigenvalue weighted by molar-refractivity contribution is 7.98. The molecule has 2 saturated heterocycles. The normalized spacial score (nSPS) is 17.8. The van der Waals surface area contributed by atoms with Crippen LogP contribution in [-0.4, -0.2) is 69.3 Å². The number of hydrogen-bond acceptors (Lipinski definition) is 7. The van der Waals surface area contributed by atoms with Crippen molar-refractivity contribution in [2.24, 2.45) is 0 Å². The minimum absolute atomic E-state index is 0.126. The van der Waals surface area contributed by atoms with Crippen LogP contribution in [0.25, 0.3) is 0 Å². The van der Waals surface area contributed by atoms with Crippen molar-refractivity contribution in [1.82, 2.24) is 9.29 Å². The van der Waals surface area contributed by atoms with E-state index in [4.69, 9.17) is 4.74 Å². The number of pyridine rings is 1. The Bertz CT molecular complexity index is 1050. The van der Waals surface area contributed by atoms with Gasteiger partial charge in [-0.2, -0.15) is 4.31 Å². The van der Waals surface area contributed by atoms with Crippen LogP contribution < -0.4 is 10.2 Å². The smallest absolute Gasteiger partial charge is 0.257 e. The third-order valence-electron chi connectivity index (χ3n) is 5.72. The van der Waals surface area contributed by atoms with E-state index in [1.807, 2.05) is 12.3 Å². The topological polar surface area (TPSA) is 91.8 Å². The second-order valence-electron chi connectivity index (χ2n) is 7.79. The number of hydrogen-bond donors (Lipinski definition) is 1. The first-order chi connectivity index (χ1) is 15.5. The molecule has 0 spiro atoms. The quantitative estimate of drug-likeness (QED) is 0.641. The van der Waals surface area contributed by atoms with Crippen LogP contribution in [0.15, 0.2) is 46.5 Å². The molecule has 0 unspecified atom stereocenters. The maximum Gasteiger partial charge on any atom is 0.257 e. The molecule has 2 fully saturated rings. The summed E-state index contributed by atoms with van der Waals surface area (Å²) in [6.07, 6.45) is 6.81. The lowest BCUT2D eigenvalue weighted by molar-refractivity contribution is 0.0730. The summed E-state index contributed by atoms with van der Waals surface area (Å²) in [7, 11) is -3.71. The van der Waals surface area contributed by atoms with Gasteiger partial charge in [-0.25, -0.2) is 13.4 Å². The Morgan fingerprint density at radius 2 is 1.81 bits per heavy atom. The van der Waals surface area contributed by atoms with Gasteiger partial charge in [-0.05, 0) is 55.9 Å². The zero-order valence-electron chi connectivity index (χ0n) is 18.1. The van der Waals surface area contributed by atoms with Gasteiger partial charge in [-0.15, -0.1) is 11.8 Å². The van der Waals surface area contributed by atoms with Gasteiger partial charge in [0.15, 0.2) is 0 Å². The summed E-state index contributed by atoms with van der Waals surface area (Å²) in [6, 6.07) is 8.52. The number of thioether (sulfide) groups is 1. The molecule has 1 amide bonds. The Labute approximate surface area is 193 Å². The van der Waals surface area contributed by atoms with Crippen molar-refractivity contribution in [3.8, 4) is 0 Å². The molecule has 172 valence electrons. The van der Waals surface area contributed by atoms with Gasteiger partial charge in [-0.3, -0.25) is 4.79 Å². The average Bonchev–Trinajstić information content (AvgIpc) is 2.85. The van der Waals surface area contributed by atoms with Crippen molar-refractivity contribution >= 4 is 39.1 Å². The van der Waals surface area contributed by atoms with Crippen LogP contribution in [0.4, 0.5) is 11.4 Å². The lowest BCUT2D eigenvalue weighted by Crippen LogP contribution is -2.40. The van der Waals surface area contributed by atoms with E-state index in [9.17, 15) is 13.2 Å². The fourth-order valence-electron chi connectivity index (χ4n) is 3.98. The van der Waals surface area contributed by atoms with Gasteiger partial charge in [0.2, 0.25) is 10.0 Å². The first-order valence-electron chi connectivity index (χ1n) is 10.8. The zero-order chi connectivity index (χ0) is 22.6. The van der Waals surface area contributed by atoms with Gasteiger partial charge < -0.3 is 15.0 Å². The van der Waals surface area contributed by atoms with Gasteiger partial charge in [0.1, 0.15) is 0 Å². The maximum absolute atomic E-state index is 13.3. The second kappa shape index (κ2) is 10.2. The van der Waals surface area contributed by atoms with E-state index < -0.39 is 10.0 Å². The molecule has 3 heterocycles. The molecule has 0 aliphatic carbocycles. The van der Waals surface area contributed by atoms with Crippen LogP contribution in [0.1, 0.15) is 29.6 Å². The summed E-state index contributed by atoms with van der Waals surface area (Å²) in [4.78, 5) is 19.9. The standard InChI is InChI=1S/C22H28N4O4S2/c1-31-21-8-5-17(16-23-21)24-22(27)19-15-18(32(28,29)26-11-13-30-14-12-26)6-7-20(19)25-9-3-2-4-10-25/h5-8,15-16H,2-4,9-14H2,1H3,(H,24,27). The van der Waals surface area contributed by atoms with Crippen LogP contribution in [0.3, 0.4) is 0 Å². The Morgan fingerprint density at radius 3 is 2.47 bits per heavy atom. The highest BCUT2D eigenvalue weighted by atomic mass is 32.2. The van der Waals surface area contributed by atoms with Gasteiger partial charge in [0.25, 0.3) is 5.91 Å². The van der Waals surface area contributed by atoms with Crippen molar-refractivity contribution in [2.45, 2.75) is 29.2 Å². The number of piperidine rings is 1. The number of carbonyl (C=O) groups excluding carboxylic acids is 1. The van der Waals surface area contributed by atoms with Gasteiger partial charge in [-0.1, -0.05) is 0 Å². The monoisotopic (exact) mass is 476 g/mol. The Morgan fingerprint density at radius 1 is 1.06 bits per heavy atom. The van der Waals surface area contributed by atoms with E-state index in [0.717, 1.165) is 43.1 Å². The lowest BCUT2D eigenvalue weighted by Gasteiger charge is -2.31. The molecule has 10 heteroatoms. The number of ether oxygens (including phenoxy) is 1. The number of sulfonamides is 1. The van der Waals surface area contributed by atoms with Gasteiger partial charge in [0, 0.05) is 31.9 Å².